The molecule has 2 fully saturated rings. The van der Waals surface area contributed by atoms with E-state index in [2.05, 4.69) is 5.32 Å². The minimum atomic E-state index is -3.49. The van der Waals surface area contributed by atoms with Gasteiger partial charge in [-0.2, -0.15) is 4.31 Å². The van der Waals surface area contributed by atoms with Crippen LogP contribution in [0, 0.1) is 11.7 Å². The van der Waals surface area contributed by atoms with E-state index in [1.807, 2.05) is 6.92 Å². The molecule has 1 aliphatic carbocycles. The maximum atomic E-state index is 13.8. The molecule has 21 heavy (non-hydrogen) atoms. The smallest absolute Gasteiger partial charge is 0.243 e. The number of nitrogens with one attached hydrogen (secondary N) is 1. The molecule has 1 saturated heterocycles. The lowest BCUT2D eigenvalue weighted by atomic mass is 10.1. The number of nitrogens with zero attached hydrogens (tertiary/aromatic N) is 1. The molecule has 6 heteroatoms. The number of piperidine rings is 1. The van der Waals surface area contributed by atoms with Gasteiger partial charge in [-0.3, -0.25) is 0 Å². The van der Waals surface area contributed by atoms with E-state index in [4.69, 9.17) is 0 Å². The summed E-state index contributed by atoms with van der Waals surface area (Å²) in [6, 6.07) is 4.25. The molecule has 0 spiro atoms. The highest BCUT2D eigenvalue weighted by atomic mass is 32.2. The van der Waals surface area contributed by atoms with Crippen LogP contribution in [-0.2, 0) is 16.6 Å². The Balaban J connectivity index is 1.88. The summed E-state index contributed by atoms with van der Waals surface area (Å²) in [6.45, 7) is 3.61. The highest BCUT2D eigenvalue weighted by molar-refractivity contribution is 7.89. The first-order valence-corrected chi connectivity index (χ1v) is 8.97. The predicted octanol–water partition coefficient (Wildman–Crippen LogP) is 2.11. The number of rotatable bonds is 5. The number of hydrogen-bond donors (Lipinski definition) is 1. The molecule has 1 saturated carbocycles. The fourth-order valence-corrected chi connectivity index (χ4v) is 5.21. The SMILES string of the molecule is CCNCc1cc(S(=O)(=O)N2CC3CCC2C3)ccc1F. The van der Waals surface area contributed by atoms with Gasteiger partial charge in [0.15, 0.2) is 0 Å². The Kier molecular flexibility index (Phi) is 4.03. The van der Waals surface area contributed by atoms with Gasteiger partial charge in [0, 0.05) is 24.7 Å². The highest BCUT2D eigenvalue weighted by Gasteiger charge is 2.44. The van der Waals surface area contributed by atoms with Crippen LogP contribution in [0.5, 0.6) is 0 Å². The van der Waals surface area contributed by atoms with Crippen LogP contribution >= 0.6 is 0 Å². The quantitative estimate of drug-likeness (QED) is 0.906. The molecule has 2 bridgehead atoms. The Morgan fingerprint density at radius 2 is 2.19 bits per heavy atom. The Hall–Kier alpha value is -0.980. The Morgan fingerprint density at radius 3 is 2.81 bits per heavy atom. The zero-order valence-corrected chi connectivity index (χ0v) is 13.0. The van der Waals surface area contributed by atoms with E-state index < -0.39 is 10.0 Å². The number of benzene rings is 1. The molecular weight excluding hydrogens is 291 g/mol. The van der Waals surface area contributed by atoms with Gasteiger partial charge in [0.1, 0.15) is 5.82 Å². The van der Waals surface area contributed by atoms with E-state index in [-0.39, 0.29) is 16.8 Å². The molecule has 0 amide bonds. The summed E-state index contributed by atoms with van der Waals surface area (Å²) in [4.78, 5) is 0.212. The second-order valence-electron chi connectivity index (χ2n) is 5.94. The second-order valence-corrected chi connectivity index (χ2v) is 7.83. The van der Waals surface area contributed by atoms with Crippen LogP contribution in [0.25, 0.3) is 0 Å². The summed E-state index contributed by atoms with van der Waals surface area (Å²) in [7, 11) is -3.49. The van der Waals surface area contributed by atoms with Gasteiger partial charge in [0.25, 0.3) is 0 Å². The standard InChI is InChI=1S/C15H21FN2O2S/c1-2-17-9-12-8-14(5-6-15(12)16)21(19,20)18-10-11-3-4-13(18)7-11/h5-6,8,11,13,17H,2-4,7,9-10H2,1H3. The van der Waals surface area contributed by atoms with Gasteiger partial charge < -0.3 is 5.32 Å². The summed E-state index contributed by atoms with van der Waals surface area (Å²) in [5.41, 5.74) is 0.405. The number of hydrogen-bond acceptors (Lipinski definition) is 3. The minimum Gasteiger partial charge on any atom is -0.313 e. The van der Waals surface area contributed by atoms with Gasteiger partial charge >= 0.3 is 0 Å². The van der Waals surface area contributed by atoms with Crippen LogP contribution < -0.4 is 5.32 Å². The van der Waals surface area contributed by atoms with E-state index in [1.165, 1.54) is 18.2 Å². The number of sulfonamides is 1. The number of fused-ring (bicyclic) bond motifs is 2. The average Bonchev–Trinajstić information content (AvgIpc) is 3.09. The third-order valence-electron chi connectivity index (χ3n) is 4.55. The predicted molar refractivity (Wildman–Crippen MR) is 78.8 cm³/mol. The largest absolute Gasteiger partial charge is 0.313 e. The van der Waals surface area contributed by atoms with Crippen molar-refractivity contribution in [2.45, 2.75) is 43.7 Å². The lowest BCUT2D eigenvalue weighted by Crippen LogP contribution is -2.37. The van der Waals surface area contributed by atoms with E-state index in [9.17, 15) is 12.8 Å². The van der Waals surface area contributed by atoms with E-state index in [1.54, 1.807) is 4.31 Å². The van der Waals surface area contributed by atoms with Gasteiger partial charge in [-0.1, -0.05) is 6.92 Å². The molecule has 1 aromatic rings. The molecule has 0 radical (unpaired) electrons. The second kappa shape index (κ2) is 5.66. The summed E-state index contributed by atoms with van der Waals surface area (Å²) in [6.07, 6.45) is 3.06. The van der Waals surface area contributed by atoms with Gasteiger partial charge in [-0.25, -0.2) is 12.8 Å². The normalized spacial score (nSPS) is 25.6. The van der Waals surface area contributed by atoms with Crippen molar-refractivity contribution in [3.8, 4) is 0 Å². The van der Waals surface area contributed by atoms with Crippen LogP contribution in [0.4, 0.5) is 4.39 Å². The van der Waals surface area contributed by atoms with Crippen molar-refractivity contribution in [3.63, 3.8) is 0 Å². The fraction of sp³-hybridized carbons (Fsp3) is 0.600. The summed E-state index contributed by atoms with van der Waals surface area (Å²) < 4.78 is 40.9. The Morgan fingerprint density at radius 1 is 1.38 bits per heavy atom. The topological polar surface area (TPSA) is 49.4 Å². The van der Waals surface area contributed by atoms with Crippen LogP contribution in [0.3, 0.4) is 0 Å². The van der Waals surface area contributed by atoms with Crippen molar-refractivity contribution in [3.05, 3.63) is 29.6 Å². The van der Waals surface area contributed by atoms with Crippen molar-refractivity contribution in [2.24, 2.45) is 5.92 Å². The van der Waals surface area contributed by atoms with Gasteiger partial charge in [0.05, 0.1) is 4.90 Å². The molecule has 1 N–H and O–H groups in total. The fourth-order valence-electron chi connectivity index (χ4n) is 3.42. The van der Waals surface area contributed by atoms with Crippen LogP contribution in [-0.4, -0.2) is 31.9 Å². The third-order valence-corrected chi connectivity index (χ3v) is 6.46. The molecule has 1 aromatic carbocycles. The zero-order valence-electron chi connectivity index (χ0n) is 12.2. The molecule has 1 heterocycles. The zero-order chi connectivity index (χ0) is 15.0. The van der Waals surface area contributed by atoms with Crippen molar-refractivity contribution >= 4 is 10.0 Å². The van der Waals surface area contributed by atoms with Crippen molar-refractivity contribution in [1.82, 2.24) is 9.62 Å². The summed E-state index contributed by atoms with van der Waals surface area (Å²) in [5, 5.41) is 3.03. The van der Waals surface area contributed by atoms with Crippen molar-refractivity contribution in [2.75, 3.05) is 13.1 Å². The van der Waals surface area contributed by atoms with Crippen LogP contribution in [0.1, 0.15) is 31.7 Å². The first-order chi connectivity index (χ1) is 10.0. The molecule has 2 aliphatic rings. The molecule has 2 unspecified atom stereocenters. The first kappa shape index (κ1) is 14.9. The summed E-state index contributed by atoms with van der Waals surface area (Å²) in [5.74, 6) is 0.143. The van der Waals surface area contributed by atoms with Crippen LogP contribution in [0.2, 0.25) is 0 Å². The molecule has 116 valence electrons. The molecule has 0 aromatic heterocycles. The molecule has 1 aliphatic heterocycles. The van der Waals surface area contributed by atoms with E-state index in [0.717, 1.165) is 19.3 Å². The van der Waals surface area contributed by atoms with Crippen molar-refractivity contribution in [1.29, 1.82) is 0 Å². The molecule has 2 atom stereocenters. The highest BCUT2D eigenvalue weighted by Crippen LogP contribution is 2.40. The summed E-state index contributed by atoms with van der Waals surface area (Å²) >= 11 is 0. The van der Waals surface area contributed by atoms with Gasteiger partial charge in [-0.15, -0.1) is 0 Å². The van der Waals surface area contributed by atoms with Gasteiger partial charge in [-0.05, 0) is 49.9 Å². The Bertz CT molecular complexity index is 633. The Labute approximate surface area is 125 Å². The molecule has 4 nitrogen and oxygen atoms in total. The van der Waals surface area contributed by atoms with E-state index >= 15 is 0 Å². The lowest BCUT2D eigenvalue weighted by Gasteiger charge is -2.26. The number of halogens is 1. The first-order valence-electron chi connectivity index (χ1n) is 7.53. The van der Waals surface area contributed by atoms with Gasteiger partial charge in [0.2, 0.25) is 10.0 Å². The maximum Gasteiger partial charge on any atom is 0.243 e. The lowest BCUT2D eigenvalue weighted by molar-refractivity contribution is 0.333. The average molecular weight is 312 g/mol. The van der Waals surface area contributed by atoms with Crippen LogP contribution in [0.15, 0.2) is 23.1 Å². The molecule has 3 rings (SSSR count). The monoisotopic (exact) mass is 312 g/mol. The third kappa shape index (κ3) is 2.72. The molecular formula is C15H21FN2O2S. The minimum absolute atomic E-state index is 0.141. The van der Waals surface area contributed by atoms with Crippen molar-refractivity contribution < 1.29 is 12.8 Å². The van der Waals surface area contributed by atoms with E-state index in [0.29, 0.717) is 31.1 Å². The maximum absolute atomic E-state index is 13.8.